The quantitative estimate of drug-likeness (QED) is 0.709. The zero-order chi connectivity index (χ0) is 17.3. The fourth-order valence-corrected chi connectivity index (χ4v) is 2.25. The van der Waals surface area contributed by atoms with E-state index in [1.807, 2.05) is 40.1 Å². The third-order valence-corrected chi connectivity index (χ3v) is 3.36. The fourth-order valence-electron chi connectivity index (χ4n) is 2.25. The van der Waals surface area contributed by atoms with E-state index in [4.69, 9.17) is 4.74 Å². The molecule has 0 atom stereocenters. The molecular formula is C17H32N4O2. The van der Waals surface area contributed by atoms with Gasteiger partial charge in [0.2, 0.25) is 0 Å². The highest BCUT2D eigenvalue weighted by atomic mass is 16.6. The standard InChI is InChI=1S/C17H32N4O2/c1-6-11-21-13-10-19-15(21)14-18-9-8-12-20(7-2)16(22)23-17(3,4)5/h10,13,18H,6-9,11-12,14H2,1-5H3. The van der Waals surface area contributed by atoms with Gasteiger partial charge in [-0.25, -0.2) is 9.78 Å². The summed E-state index contributed by atoms with van der Waals surface area (Å²) in [7, 11) is 0. The van der Waals surface area contributed by atoms with Crippen molar-refractivity contribution >= 4 is 6.09 Å². The maximum absolute atomic E-state index is 12.0. The van der Waals surface area contributed by atoms with Crippen LogP contribution < -0.4 is 5.32 Å². The lowest BCUT2D eigenvalue weighted by Crippen LogP contribution is -2.38. The van der Waals surface area contributed by atoms with Crippen molar-refractivity contribution in [3.05, 3.63) is 18.2 Å². The summed E-state index contributed by atoms with van der Waals surface area (Å²) < 4.78 is 7.58. The Morgan fingerprint density at radius 2 is 2.13 bits per heavy atom. The molecule has 6 nitrogen and oxygen atoms in total. The highest BCUT2D eigenvalue weighted by Gasteiger charge is 2.20. The van der Waals surface area contributed by atoms with Crippen LogP contribution in [0.5, 0.6) is 0 Å². The highest BCUT2D eigenvalue weighted by molar-refractivity contribution is 5.68. The number of nitrogens with zero attached hydrogens (tertiary/aromatic N) is 3. The molecule has 0 bridgehead atoms. The molecule has 0 aliphatic rings. The molecule has 0 unspecified atom stereocenters. The maximum atomic E-state index is 12.0. The Bertz CT molecular complexity index is 465. The van der Waals surface area contributed by atoms with E-state index in [1.54, 1.807) is 4.90 Å². The van der Waals surface area contributed by atoms with E-state index in [2.05, 4.69) is 21.8 Å². The van der Waals surface area contributed by atoms with E-state index in [0.717, 1.165) is 38.3 Å². The monoisotopic (exact) mass is 324 g/mol. The lowest BCUT2D eigenvalue weighted by atomic mass is 10.2. The summed E-state index contributed by atoms with van der Waals surface area (Å²) in [4.78, 5) is 18.1. The molecule has 132 valence electrons. The number of rotatable bonds is 9. The van der Waals surface area contributed by atoms with E-state index < -0.39 is 5.60 Å². The predicted octanol–water partition coefficient (Wildman–Crippen LogP) is 3.03. The Morgan fingerprint density at radius 1 is 1.39 bits per heavy atom. The molecule has 0 aliphatic heterocycles. The number of imidazole rings is 1. The number of carbonyl (C=O) groups is 1. The fraction of sp³-hybridized carbons (Fsp3) is 0.765. The molecule has 1 aromatic heterocycles. The zero-order valence-corrected chi connectivity index (χ0v) is 15.3. The van der Waals surface area contributed by atoms with Crippen molar-refractivity contribution in [2.75, 3.05) is 19.6 Å². The highest BCUT2D eigenvalue weighted by Crippen LogP contribution is 2.10. The average Bonchev–Trinajstić information content (AvgIpc) is 2.88. The normalized spacial score (nSPS) is 11.5. The van der Waals surface area contributed by atoms with Gasteiger partial charge in [0.25, 0.3) is 0 Å². The van der Waals surface area contributed by atoms with E-state index >= 15 is 0 Å². The molecule has 0 fully saturated rings. The third kappa shape index (κ3) is 7.50. The summed E-state index contributed by atoms with van der Waals surface area (Å²) in [6, 6.07) is 0. The van der Waals surface area contributed by atoms with Crippen LogP contribution in [-0.4, -0.2) is 45.8 Å². The second-order valence-corrected chi connectivity index (χ2v) is 6.63. The first kappa shape index (κ1) is 19.5. The second kappa shape index (κ2) is 9.55. The summed E-state index contributed by atoms with van der Waals surface area (Å²) in [5.74, 6) is 1.06. The lowest BCUT2D eigenvalue weighted by Gasteiger charge is -2.26. The minimum Gasteiger partial charge on any atom is -0.444 e. The number of aryl methyl sites for hydroxylation is 1. The van der Waals surface area contributed by atoms with Crippen LogP contribution in [0.2, 0.25) is 0 Å². The zero-order valence-electron chi connectivity index (χ0n) is 15.3. The van der Waals surface area contributed by atoms with Crippen molar-refractivity contribution in [1.82, 2.24) is 19.8 Å². The molecular weight excluding hydrogens is 292 g/mol. The molecule has 0 saturated heterocycles. The van der Waals surface area contributed by atoms with E-state index in [1.165, 1.54) is 0 Å². The van der Waals surface area contributed by atoms with Crippen LogP contribution in [0.4, 0.5) is 4.79 Å². The smallest absolute Gasteiger partial charge is 0.410 e. The molecule has 0 aromatic carbocycles. The molecule has 1 amide bonds. The first-order valence-electron chi connectivity index (χ1n) is 8.56. The van der Waals surface area contributed by atoms with Crippen LogP contribution in [0.1, 0.15) is 53.3 Å². The number of ether oxygens (including phenoxy) is 1. The summed E-state index contributed by atoms with van der Waals surface area (Å²) in [6.45, 7) is 13.8. The largest absolute Gasteiger partial charge is 0.444 e. The Hall–Kier alpha value is -1.56. The van der Waals surface area contributed by atoms with Crippen LogP contribution in [0.15, 0.2) is 12.4 Å². The van der Waals surface area contributed by atoms with E-state index in [-0.39, 0.29) is 6.09 Å². The number of aromatic nitrogens is 2. The predicted molar refractivity (Wildman–Crippen MR) is 92.3 cm³/mol. The summed E-state index contributed by atoms with van der Waals surface area (Å²) >= 11 is 0. The SMILES string of the molecule is CCCn1ccnc1CNCCCN(CC)C(=O)OC(C)(C)C. The van der Waals surface area contributed by atoms with Gasteiger partial charge in [-0.2, -0.15) is 0 Å². The van der Waals surface area contributed by atoms with Crippen molar-refractivity contribution < 1.29 is 9.53 Å². The van der Waals surface area contributed by atoms with Gasteiger partial charge in [0.05, 0.1) is 6.54 Å². The number of hydrogen-bond donors (Lipinski definition) is 1. The molecule has 23 heavy (non-hydrogen) atoms. The molecule has 1 aromatic rings. The van der Waals surface area contributed by atoms with Gasteiger partial charge in [0.1, 0.15) is 11.4 Å². The van der Waals surface area contributed by atoms with Crippen molar-refractivity contribution in [3.63, 3.8) is 0 Å². The first-order chi connectivity index (χ1) is 10.9. The van der Waals surface area contributed by atoms with Crippen molar-refractivity contribution in [2.45, 2.75) is 66.2 Å². The number of carbonyl (C=O) groups excluding carboxylic acids is 1. The number of nitrogens with one attached hydrogen (secondary N) is 1. The van der Waals surface area contributed by atoms with Crippen LogP contribution in [0, 0.1) is 0 Å². The molecule has 1 rings (SSSR count). The van der Waals surface area contributed by atoms with Crippen LogP contribution in [0.3, 0.4) is 0 Å². The van der Waals surface area contributed by atoms with Crippen molar-refractivity contribution in [1.29, 1.82) is 0 Å². The Labute approximate surface area is 140 Å². The summed E-state index contributed by atoms with van der Waals surface area (Å²) in [5.41, 5.74) is -0.445. The topological polar surface area (TPSA) is 59.4 Å². The molecule has 1 heterocycles. The van der Waals surface area contributed by atoms with Gasteiger partial charge in [-0.05, 0) is 47.1 Å². The van der Waals surface area contributed by atoms with Gasteiger partial charge in [-0.3, -0.25) is 0 Å². The van der Waals surface area contributed by atoms with Crippen LogP contribution in [-0.2, 0) is 17.8 Å². The van der Waals surface area contributed by atoms with Gasteiger partial charge in [0, 0.05) is 32.0 Å². The molecule has 0 radical (unpaired) electrons. The third-order valence-electron chi connectivity index (χ3n) is 3.36. The average molecular weight is 324 g/mol. The Balaban J connectivity index is 2.27. The lowest BCUT2D eigenvalue weighted by molar-refractivity contribution is 0.0258. The molecule has 0 spiro atoms. The van der Waals surface area contributed by atoms with Crippen LogP contribution in [0.25, 0.3) is 0 Å². The number of amides is 1. The minimum absolute atomic E-state index is 0.238. The van der Waals surface area contributed by atoms with Gasteiger partial charge < -0.3 is 19.5 Å². The van der Waals surface area contributed by atoms with Gasteiger partial charge in [0.15, 0.2) is 0 Å². The van der Waals surface area contributed by atoms with E-state index in [0.29, 0.717) is 13.1 Å². The van der Waals surface area contributed by atoms with Gasteiger partial charge >= 0.3 is 6.09 Å². The van der Waals surface area contributed by atoms with Crippen LogP contribution >= 0.6 is 0 Å². The Morgan fingerprint density at radius 3 is 2.74 bits per heavy atom. The van der Waals surface area contributed by atoms with Crippen molar-refractivity contribution in [3.8, 4) is 0 Å². The maximum Gasteiger partial charge on any atom is 0.410 e. The van der Waals surface area contributed by atoms with Gasteiger partial charge in [-0.1, -0.05) is 6.92 Å². The molecule has 0 aliphatic carbocycles. The second-order valence-electron chi connectivity index (χ2n) is 6.63. The van der Waals surface area contributed by atoms with Crippen molar-refractivity contribution in [2.24, 2.45) is 0 Å². The molecule has 6 heteroatoms. The first-order valence-corrected chi connectivity index (χ1v) is 8.56. The van der Waals surface area contributed by atoms with E-state index in [9.17, 15) is 4.79 Å². The number of hydrogen-bond acceptors (Lipinski definition) is 4. The molecule has 1 N–H and O–H groups in total. The summed E-state index contributed by atoms with van der Waals surface area (Å²) in [6.07, 6.45) is 5.61. The summed E-state index contributed by atoms with van der Waals surface area (Å²) in [5, 5.41) is 3.39. The molecule has 0 saturated carbocycles. The van der Waals surface area contributed by atoms with Gasteiger partial charge in [-0.15, -0.1) is 0 Å². The minimum atomic E-state index is -0.445. The Kier molecular flexibility index (Phi) is 8.09.